The van der Waals surface area contributed by atoms with Crippen LogP contribution in [0.2, 0.25) is 0 Å². The van der Waals surface area contributed by atoms with Crippen molar-refractivity contribution in [3.05, 3.63) is 57.0 Å². The van der Waals surface area contributed by atoms with Gasteiger partial charge in [-0.25, -0.2) is 4.98 Å². The second-order valence-corrected chi connectivity index (χ2v) is 9.65. The van der Waals surface area contributed by atoms with Gasteiger partial charge < -0.3 is 5.32 Å². The predicted octanol–water partition coefficient (Wildman–Crippen LogP) is 5.09. The van der Waals surface area contributed by atoms with Gasteiger partial charge >= 0.3 is 6.18 Å². The van der Waals surface area contributed by atoms with Gasteiger partial charge in [-0.1, -0.05) is 36.7 Å². The highest BCUT2D eigenvalue weighted by Crippen LogP contribution is 2.34. The van der Waals surface area contributed by atoms with Gasteiger partial charge in [0.2, 0.25) is 10.9 Å². The Morgan fingerprint density at radius 3 is 2.75 bits per heavy atom. The van der Waals surface area contributed by atoms with Crippen molar-refractivity contribution < 1.29 is 18.0 Å². The van der Waals surface area contributed by atoms with E-state index in [0.29, 0.717) is 22.3 Å². The molecule has 1 aliphatic carbocycles. The number of benzene rings is 1. The zero-order chi connectivity index (χ0) is 22.7. The fourth-order valence-corrected chi connectivity index (χ4v) is 5.49. The number of hydrogen-bond acceptors (Lipinski definition) is 6. The topological polar surface area (TPSA) is 76.4 Å². The average Bonchev–Trinajstić information content (AvgIpc) is 3.19. The number of fused-ring (bicyclic) bond motifs is 1. The van der Waals surface area contributed by atoms with Crippen LogP contribution in [0, 0.1) is 0 Å². The molecule has 3 aromatic rings. The van der Waals surface area contributed by atoms with E-state index in [4.69, 9.17) is 0 Å². The first-order chi connectivity index (χ1) is 15.3. The van der Waals surface area contributed by atoms with E-state index in [9.17, 15) is 22.8 Å². The molecule has 0 spiro atoms. The fourth-order valence-electron chi connectivity index (χ4n) is 3.68. The van der Waals surface area contributed by atoms with E-state index < -0.39 is 17.6 Å². The van der Waals surface area contributed by atoms with E-state index in [1.807, 2.05) is 0 Å². The number of carbonyl (C=O) groups is 1. The van der Waals surface area contributed by atoms with E-state index in [1.54, 1.807) is 0 Å². The van der Waals surface area contributed by atoms with Crippen LogP contribution in [-0.2, 0) is 16.7 Å². The van der Waals surface area contributed by atoms with Crippen LogP contribution in [0.25, 0.3) is 4.96 Å². The number of carbonyl (C=O) groups excluding carboxylic acids is 1. The van der Waals surface area contributed by atoms with Gasteiger partial charge in [0.05, 0.1) is 17.0 Å². The lowest BCUT2D eigenvalue weighted by molar-refractivity contribution is -0.137. The number of anilines is 1. The van der Waals surface area contributed by atoms with E-state index in [0.717, 1.165) is 30.0 Å². The number of amides is 1. The van der Waals surface area contributed by atoms with E-state index in [1.165, 1.54) is 65.1 Å². The minimum absolute atomic E-state index is 0.0211. The number of aromatic nitrogens is 3. The SMILES string of the molecule is O=C(CSCc1cc(=O)n2nc(C3CCCCC3)sc2n1)Nc1cccc(C(F)(F)F)c1. The first-order valence-electron chi connectivity index (χ1n) is 10.2. The number of nitrogens with zero attached hydrogens (tertiary/aromatic N) is 3. The molecule has 11 heteroatoms. The Bertz CT molecular complexity index is 1170. The molecule has 0 bridgehead atoms. The fraction of sp³-hybridized carbons (Fsp3) is 0.429. The molecule has 0 atom stereocenters. The second-order valence-electron chi connectivity index (χ2n) is 7.67. The molecule has 170 valence electrons. The highest BCUT2D eigenvalue weighted by Gasteiger charge is 2.30. The lowest BCUT2D eigenvalue weighted by Crippen LogP contribution is -2.17. The van der Waals surface area contributed by atoms with Crippen molar-refractivity contribution in [2.45, 2.75) is 50.0 Å². The monoisotopic (exact) mass is 482 g/mol. The molecule has 1 aromatic carbocycles. The second kappa shape index (κ2) is 9.62. The Kier molecular flexibility index (Phi) is 6.85. The van der Waals surface area contributed by atoms with Crippen LogP contribution in [0.15, 0.2) is 35.1 Å². The quantitative estimate of drug-likeness (QED) is 0.530. The molecule has 0 aliphatic heterocycles. The Labute approximate surface area is 190 Å². The van der Waals surface area contributed by atoms with Crippen molar-refractivity contribution in [3.8, 4) is 0 Å². The van der Waals surface area contributed by atoms with Crippen molar-refractivity contribution in [2.75, 3.05) is 11.1 Å². The van der Waals surface area contributed by atoms with E-state index >= 15 is 0 Å². The number of nitrogens with one attached hydrogen (secondary N) is 1. The summed E-state index contributed by atoms with van der Waals surface area (Å²) in [6.07, 6.45) is 1.28. The van der Waals surface area contributed by atoms with Crippen molar-refractivity contribution in [2.24, 2.45) is 0 Å². The molecular weight excluding hydrogens is 461 g/mol. The number of halogens is 3. The Morgan fingerprint density at radius 2 is 2.00 bits per heavy atom. The Hall–Kier alpha value is -2.40. The van der Waals surface area contributed by atoms with Crippen LogP contribution < -0.4 is 10.9 Å². The molecular formula is C21H21F3N4O2S2. The molecule has 1 amide bonds. The Balaban J connectivity index is 1.36. The molecule has 1 fully saturated rings. The smallest absolute Gasteiger partial charge is 0.325 e. The maximum absolute atomic E-state index is 12.8. The van der Waals surface area contributed by atoms with Crippen molar-refractivity contribution in [1.82, 2.24) is 14.6 Å². The van der Waals surface area contributed by atoms with Gasteiger partial charge in [0.15, 0.2) is 0 Å². The number of thioether (sulfide) groups is 1. The van der Waals surface area contributed by atoms with Gasteiger partial charge in [0, 0.05) is 23.4 Å². The molecule has 0 saturated heterocycles. The third-order valence-electron chi connectivity index (χ3n) is 5.22. The molecule has 0 radical (unpaired) electrons. The molecule has 32 heavy (non-hydrogen) atoms. The highest BCUT2D eigenvalue weighted by atomic mass is 32.2. The van der Waals surface area contributed by atoms with Crippen molar-refractivity contribution >= 4 is 39.7 Å². The third kappa shape index (κ3) is 5.50. The predicted molar refractivity (Wildman–Crippen MR) is 119 cm³/mol. The van der Waals surface area contributed by atoms with Crippen LogP contribution >= 0.6 is 23.1 Å². The largest absolute Gasteiger partial charge is 0.416 e. The Morgan fingerprint density at radius 1 is 1.22 bits per heavy atom. The molecule has 1 N–H and O–H groups in total. The average molecular weight is 483 g/mol. The number of hydrogen-bond donors (Lipinski definition) is 1. The standard InChI is InChI=1S/C21H21F3N4O2S2/c22-21(23,24)14-7-4-8-15(9-14)25-17(29)12-31-11-16-10-18(30)28-20(26-16)32-19(27-28)13-5-2-1-3-6-13/h4,7-10,13H,1-3,5-6,11-12H2,(H,25,29). The molecule has 2 heterocycles. The summed E-state index contributed by atoms with van der Waals surface area (Å²) >= 11 is 2.67. The summed E-state index contributed by atoms with van der Waals surface area (Å²) in [5.41, 5.74) is -0.441. The summed E-state index contributed by atoms with van der Waals surface area (Å²) in [7, 11) is 0. The molecule has 4 rings (SSSR count). The van der Waals surface area contributed by atoms with Crippen LogP contribution in [0.1, 0.15) is 54.3 Å². The molecule has 6 nitrogen and oxygen atoms in total. The molecule has 2 aromatic heterocycles. The lowest BCUT2D eigenvalue weighted by atomic mass is 9.90. The first kappa shape index (κ1) is 22.8. The maximum Gasteiger partial charge on any atom is 0.416 e. The number of rotatable bonds is 6. The third-order valence-corrected chi connectivity index (χ3v) is 7.26. The zero-order valence-electron chi connectivity index (χ0n) is 17.0. The maximum atomic E-state index is 12.8. The molecule has 1 aliphatic rings. The summed E-state index contributed by atoms with van der Waals surface area (Å²) in [6.45, 7) is 0. The summed E-state index contributed by atoms with van der Waals surface area (Å²) in [6, 6.07) is 5.91. The van der Waals surface area contributed by atoms with E-state index in [2.05, 4.69) is 15.4 Å². The summed E-state index contributed by atoms with van der Waals surface area (Å²) in [5.74, 6) is 0.308. The van der Waals surface area contributed by atoms with Gasteiger partial charge in [-0.05, 0) is 31.0 Å². The zero-order valence-corrected chi connectivity index (χ0v) is 18.7. The van der Waals surface area contributed by atoms with Crippen LogP contribution in [-0.4, -0.2) is 26.3 Å². The van der Waals surface area contributed by atoms with Crippen LogP contribution in [0.5, 0.6) is 0 Å². The summed E-state index contributed by atoms with van der Waals surface area (Å²) in [4.78, 5) is 29.6. The van der Waals surface area contributed by atoms with Crippen LogP contribution in [0.4, 0.5) is 18.9 Å². The van der Waals surface area contributed by atoms with Gasteiger partial charge in [-0.3, -0.25) is 9.59 Å². The van der Waals surface area contributed by atoms with E-state index in [-0.39, 0.29) is 17.0 Å². The van der Waals surface area contributed by atoms with Gasteiger partial charge in [0.25, 0.3) is 5.56 Å². The minimum atomic E-state index is -4.47. The number of alkyl halides is 3. The van der Waals surface area contributed by atoms with Crippen LogP contribution in [0.3, 0.4) is 0 Å². The summed E-state index contributed by atoms with van der Waals surface area (Å²) in [5, 5.41) is 7.88. The van der Waals surface area contributed by atoms with Gasteiger partial charge in [-0.15, -0.1) is 11.8 Å². The first-order valence-corrected chi connectivity index (χ1v) is 12.2. The normalized spacial score (nSPS) is 15.2. The van der Waals surface area contributed by atoms with Crippen molar-refractivity contribution in [1.29, 1.82) is 0 Å². The lowest BCUT2D eigenvalue weighted by Gasteiger charge is -2.18. The minimum Gasteiger partial charge on any atom is -0.325 e. The highest BCUT2D eigenvalue weighted by molar-refractivity contribution is 7.99. The molecule has 0 unspecified atom stereocenters. The van der Waals surface area contributed by atoms with Crippen molar-refractivity contribution in [3.63, 3.8) is 0 Å². The molecule has 1 saturated carbocycles. The van der Waals surface area contributed by atoms with Gasteiger partial charge in [0.1, 0.15) is 5.01 Å². The summed E-state index contributed by atoms with van der Waals surface area (Å²) < 4.78 is 39.7. The van der Waals surface area contributed by atoms with Gasteiger partial charge in [-0.2, -0.15) is 22.8 Å².